The highest BCUT2D eigenvalue weighted by molar-refractivity contribution is 7.88. The minimum atomic E-state index is -3.17. The van der Waals surface area contributed by atoms with Crippen molar-refractivity contribution < 1.29 is 16.8 Å². The average Bonchev–Trinajstić information content (AvgIpc) is 3.99. The number of rotatable bonds is 10. The Morgan fingerprint density at radius 2 is 1.07 bits per heavy atom. The fraction of sp³-hybridized carbons (Fsp3) is 0.580. The molecule has 2 saturated heterocycles. The summed E-state index contributed by atoms with van der Waals surface area (Å²) in [6.07, 6.45) is 18.6. The molecule has 0 radical (unpaired) electrons. The van der Waals surface area contributed by atoms with Crippen molar-refractivity contribution in [1.29, 1.82) is 0 Å². The van der Waals surface area contributed by atoms with E-state index in [1.807, 2.05) is 18.5 Å². The SMILES string of the molecule is CC(C)[Si](C(C)C)(C(C)C)n1ccc2c(N3Cc4c(ncnc4C4CCN(S(C)(=O)=O)CC4)C[C@H]3C)ncnc21.C[C@@H]1Cc2ncnc(C3CCN(S(C)(=O)=O)CC3)c2CN1c1nccc2[nH]ccc12. The van der Waals surface area contributed by atoms with Crippen molar-refractivity contribution in [3.63, 3.8) is 0 Å². The van der Waals surface area contributed by atoms with E-state index in [0.717, 1.165) is 101 Å². The molecule has 6 aromatic heterocycles. The smallest absolute Gasteiger partial charge is 0.211 e. The minimum absolute atomic E-state index is 0.228. The van der Waals surface area contributed by atoms with E-state index in [2.05, 4.69) is 108 Å². The number of fused-ring (bicyclic) bond motifs is 4. The number of H-pyrrole nitrogens is 1. The molecular formula is C50H71N13O4S2Si. The Kier molecular flexibility index (Phi) is 14.0. The predicted molar refractivity (Wildman–Crippen MR) is 280 cm³/mol. The molecule has 1 N–H and O–H groups in total. The molecule has 17 nitrogen and oxygen atoms in total. The van der Waals surface area contributed by atoms with Crippen LogP contribution in [0.1, 0.15) is 127 Å². The van der Waals surface area contributed by atoms with Crippen molar-refractivity contribution in [2.24, 2.45) is 0 Å². The molecule has 2 fully saturated rings. The summed E-state index contributed by atoms with van der Waals surface area (Å²) >= 11 is 0. The van der Waals surface area contributed by atoms with Crippen molar-refractivity contribution in [1.82, 2.24) is 52.7 Å². The van der Waals surface area contributed by atoms with E-state index >= 15 is 0 Å². The molecule has 0 spiro atoms. The van der Waals surface area contributed by atoms with Crippen LogP contribution in [0.2, 0.25) is 16.6 Å². The highest BCUT2D eigenvalue weighted by Crippen LogP contribution is 2.45. The Morgan fingerprint density at radius 1 is 0.600 bits per heavy atom. The van der Waals surface area contributed by atoms with Gasteiger partial charge in [-0.25, -0.2) is 60.3 Å². The maximum atomic E-state index is 12.1. The first-order valence-electron chi connectivity index (χ1n) is 25.1. The highest BCUT2D eigenvalue weighted by atomic mass is 32.2. The first-order valence-corrected chi connectivity index (χ1v) is 31.0. The fourth-order valence-electron chi connectivity index (χ4n) is 12.8. The van der Waals surface area contributed by atoms with Crippen molar-refractivity contribution in [3.8, 4) is 0 Å². The zero-order chi connectivity index (χ0) is 49.9. The summed E-state index contributed by atoms with van der Waals surface area (Å²) in [7, 11) is -8.28. The topological polar surface area (TPSA) is 192 Å². The summed E-state index contributed by atoms with van der Waals surface area (Å²) in [5.74, 6) is 2.44. The number of nitrogens with one attached hydrogen (secondary N) is 1. The van der Waals surface area contributed by atoms with Crippen LogP contribution in [-0.2, 0) is 46.0 Å². The number of aromatic nitrogens is 9. The number of piperidine rings is 2. The molecule has 0 bridgehead atoms. The quantitative estimate of drug-likeness (QED) is 0.131. The van der Waals surface area contributed by atoms with E-state index < -0.39 is 28.3 Å². The molecule has 0 saturated carbocycles. The Labute approximate surface area is 415 Å². The van der Waals surface area contributed by atoms with Crippen LogP contribution in [0.15, 0.2) is 55.8 Å². The Bertz CT molecular complexity index is 3050. The van der Waals surface area contributed by atoms with E-state index in [1.54, 1.807) is 27.6 Å². The molecule has 0 unspecified atom stereocenters. The van der Waals surface area contributed by atoms with Crippen LogP contribution in [0.5, 0.6) is 0 Å². The van der Waals surface area contributed by atoms with Crippen molar-refractivity contribution in [2.75, 3.05) is 48.5 Å². The number of aromatic amines is 1. The Balaban J connectivity index is 0.000000181. The molecule has 4 aliphatic rings. The maximum Gasteiger partial charge on any atom is 0.211 e. The summed E-state index contributed by atoms with van der Waals surface area (Å²) in [6.45, 7) is 22.3. The van der Waals surface area contributed by atoms with E-state index in [0.29, 0.717) is 49.3 Å². The lowest BCUT2D eigenvalue weighted by atomic mass is 9.88. The van der Waals surface area contributed by atoms with Gasteiger partial charge in [-0.3, -0.25) is 0 Å². The molecule has 10 rings (SSSR count). The standard InChI is InChI=1S/C29H45N7O2SSi.C21H26N6O2S/c1-19(2)40(20(3)4,21(5)6)36-14-11-24-28(32-18-33-29(24)36)35-16-25-26(15-22(35)7)30-17-31-27(25)23-9-12-34(13-10-23)39(8,37)38;1-14-11-19-17(12-27(14)21-16-3-7-22-18(16)4-8-23-21)20(25-13-24-19)15-5-9-26(10-6-15)30(2,28)29/h11,14,17-23H,9-10,12-13,15-16H2,1-8H3;3-4,7-8,13-15,22H,5-6,9-12H2,1-2H3/t22-;14-/m11/s1. The van der Waals surface area contributed by atoms with Crippen LogP contribution >= 0.6 is 0 Å². The van der Waals surface area contributed by atoms with Gasteiger partial charge in [0.05, 0.1) is 46.2 Å². The predicted octanol–water partition coefficient (Wildman–Crippen LogP) is 7.78. The van der Waals surface area contributed by atoms with Crippen LogP contribution in [0.3, 0.4) is 0 Å². The van der Waals surface area contributed by atoms with Crippen molar-refractivity contribution in [2.45, 2.75) is 148 Å². The molecule has 0 aromatic carbocycles. The Hall–Kier alpha value is -4.89. The zero-order valence-electron chi connectivity index (χ0n) is 42.5. The second kappa shape index (κ2) is 19.6. The van der Waals surface area contributed by atoms with E-state index in [4.69, 9.17) is 19.9 Å². The van der Waals surface area contributed by atoms with Gasteiger partial charge in [0.2, 0.25) is 20.0 Å². The summed E-state index contributed by atoms with van der Waals surface area (Å²) in [4.78, 5) is 41.2. The summed E-state index contributed by atoms with van der Waals surface area (Å²) in [5.41, 5.74) is 10.5. The lowest BCUT2D eigenvalue weighted by Crippen LogP contribution is -2.51. The van der Waals surface area contributed by atoms with Gasteiger partial charge < -0.3 is 19.0 Å². The molecular weight excluding hydrogens is 939 g/mol. The van der Waals surface area contributed by atoms with Crippen LogP contribution < -0.4 is 9.80 Å². The van der Waals surface area contributed by atoms with Gasteiger partial charge in [-0.2, -0.15) is 0 Å². The van der Waals surface area contributed by atoms with E-state index in [9.17, 15) is 16.8 Å². The third-order valence-electron chi connectivity index (χ3n) is 16.1. The lowest BCUT2D eigenvalue weighted by Gasteiger charge is -2.44. The maximum absolute atomic E-state index is 12.1. The van der Waals surface area contributed by atoms with Crippen LogP contribution in [0.25, 0.3) is 21.9 Å². The molecule has 376 valence electrons. The number of pyridine rings is 1. The van der Waals surface area contributed by atoms with Crippen LogP contribution in [0, 0.1) is 0 Å². The third-order valence-corrected chi connectivity index (χ3v) is 25.5. The van der Waals surface area contributed by atoms with Gasteiger partial charge >= 0.3 is 0 Å². The lowest BCUT2D eigenvalue weighted by molar-refractivity contribution is 0.316. The fourth-order valence-corrected chi connectivity index (χ4v) is 21.1. The Morgan fingerprint density at radius 3 is 1.54 bits per heavy atom. The summed E-state index contributed by atoms with van der Waals surface area (Å²) in [5, 5.41) is 2.23. The average molecular weight is 1010 g/mol. The monoisotopic (exact) mass is 1010 g/mol. The van der Waals surface area contributed by atoms with Gasteiger partial charge in [-0.15, -0.1) is 0 Å². The number of nitrogens with zero attached hydrogens (tertiary/aromatic N) is 12. The molecule has 10 heterocycles. The number of anilines is 2. The molecule has 6 aromatic rings. The number of hydrogen-bond acceptors (Lipinski definition) is 13. The number of hydrogen-bond donors (Lipinski definition) is 1. The van der Waals surface area contributed by atoms with Crippen molar-refractivity contribution in [3.05, 3.63) is 89.7 Å². The molecule has 0 aliphatic carbocycles. The second-order valence-corrected chi connectivity index (χ2v) is 30.8. The van der Waals surface area contributed by atoms with Gasteiger partial charge in [0, 0.05) is 105 Å². The van der Waals surface area contributed by atoms with E-state index in [1.165, 1.54) is 23.6 Å². The highest BCUT2D eigenvalue weighted by Gasteiger charge is 2.46. The van der Waals surface area contributed by atoms with Crippen LogP contribution in [0.4, 0.5) is 11.6 Å². The van der Waals surface area contributed by atoms with Gasteiger partial charge in [0.1, 0.15) is 36.3 Å². The largest absolute Gasteiger partial charge is 0.361 e. The first kappa shape index (κ1) is 50.1. The van der Waals surface area contributed by atoms with Gasteiger partial charge in [0.15, 0.2) is 8.24 Å². The van der Waals surface area contributed by atoms with Crippen LogP contribution in [-0.4, -0.2) is 129 Å². The van der Waals surface area contributed by atoms with Gasteiger partial charge in [-0.1, -0.05) is 41.5 Å². The summed E-state index contributed by atoms with van der Waals surface area (Å²) < 4.78 is 53.6. The van der Waals surface area contributed by atoms with Crippen molar-refractivity contribution >= 4 is 61.9 Å². The minimum Gasteiger partial charge on any atom is -0.361 e. The van der Waals surface area contributed by atoms with Gasteiger partial charge in [-0.05, 0) is 80.6 Å². The third kappa shape index (κ3) is 9.26. The summed E-state index contributed by atoms with van der Waals surface area (Å²) in [6, 6.07) is 6.80. The molecule has 0 amide bonds. The number of sulfonamides is 2. The molecule has 4 aliphatic heterocycles. The second-order valence-electron chi connectivity index (χ2n) is 21.1. The zero-order valence-corrected chi connectivity index (χ0v) is 45.2. The normalized spacial score (nSPS) is 20.4. The first-order chi connectivity index (χ1) is 33.3. The molecule has 70 heavy (non-hydrogen) atoms. The van der Waals surface area contributed by atoms with Gasteiger partial charge in [0.25, 0.3) is 0 Å². The molecule has 2 atom stereocenters. The molecule has 20 heteroatoms. The van der Waals surface area contributed by atoms with E-state index in [-0.39, 0.29) is 23.9 Å².